The van der Waals surface area contributed by atoms with Crippen LogP contribution in [-0.2, 0) is 16.1 Å². The van der Waals surface area contributed by atoms with E-state index >= 15 is 0 Å². The van der Waals surface area contributed by atoms with Gasteiger partial charge in [-0.1, -0.05) is 43.5 Å². The SMILES string of the molecule is O=C(NCC(=O)N(Cc1cccs1)C(C(=O)NC1CCCCC1)c1ccccc1F)c1ccco1. The predicted octanol–water partition coefficient (Wildman–Crippen LogP) is 4.43. The normalized spacial score (nSPS) is 14.8. The van der Waals surface area contributed by atoms with Gasteiger partial charge in [-0.2, -0.15) is 0 Å². The molecule has 1 aliphatic carbocycles. The molecule has 2 heterocycles. The van der Waals surface area contributed by atoms with Crippen LogP contribution in [0, 0.1) is 5.82 Å². The number of halogens is 1. The molecule has 1 unspecified atom stereocenters. The number of furan rings is 1. The van der Waals surface area contributed by atoms with Crippen molar-refractivity contribution in [2.45, 2.75) is 50.7 Å². The van der Waals surface area contributed by atoms with Gasteiger partial charge in [0.15, 0.2) is 5.76 Å². The topological polar surface area (TPSA) is 91.7 Å². The van der Waals surface area contributed by atoms with Crippen molar-refractivity contribution in [2.75, 3.05) is 6.54 Å². The van der Waals surface area contributed by atoms with Gasteiger partial charge in [0.1, 0.15) is 11.9 Å². The zero-order chi connectivity index (χ0) is 24.6. The average molecular weight is 498 g/mol. The number of thiophene rings is 1. The predicted molar refractivity (Wildman–Crippen MR) is 130 cm³/mol. The van der Waals surface area contributed by atoms with Crippen LogP contribution in [0.5, 0.6) is 0 Å². The number of carbonyl (C=O) groups excluding carboxylic acids is 3. The van der Waals surface area contributed by atoms with E-state index in [-0.39, 0.29) is 30.5 Å². The fourth-order valence-corrected chi connectivity index (χ4v) is 5.02. The van der Waals surface area contributed by atoms with Gasteiger partial charge in [0, 0.05) is 16.5 Å². The van der Waals surface area contributed by atoms with Gasteiger partial charge in [-0.3, -0.25) is 14.4 Å². The van der Waals surface area contributed by atoms with Crippen LogP contribution < -0.4 is 10.6 Å². The molecule has 0 saturated heterocycles. The number of amides is 3. The molecule has 4 rings (SSSR count). The maximum Gasteiger partial charge on any atom is 0.287 e. The molecule has 0 spiro atoms. The Bertz CT molecular complexity index is 1130. The zero-order valence-electron chi connectivity index (χ0n) is 19.2. The maximum atomic E-state index is 15.0. The Hall–Kier alpha value is -3.46. The highest BCUT2D eigenvalue weighted by Gasteiger charge is 2.35. The molecule has 1 aromatic carbocycles. The third-order valence-corrected chi connectivity index (χ3v) is 6.94. The minimum Gasteiger partial charge on any atom is -0.459 e. The Morgan fingerprint density at radius 3 is 2.54 bits per heavy atom. The summed E-state index contributed by atoms with van der Waals surface area (Å²) in [5, 5.41) is 7.46. The molecule has 0 radical (unpaired) electrons. The van der Waals surface area contributed by atoms with E-state index in [1.165, 1.54) is 40.7 Å². The maximum absolute atomic E-state index is 15.0. The molecular weight excluding hydrogens is 469 g/mol. The minimum atomic E-state index is -1.19. The van der Waals surface area contributed by atoms with Crippen molar-refractivity contribution in [1.29, 1.82) is 0 Å². The lowest BCUT2D eigenvalue weighted by Gasteiger charge is -2.33. The van der Waals surface area contributed by atoms with Crippen molar-refractivity contribution < 1.29 is 23.2 Å². The number of carbonyl (C=O) groups is 3. The van der Waals surface area contributed by atoms with Gasteiger partial charge in [0.25, 0.3) is 5.91 Å². The average Bonchev–Trinajstić information content (AvgIpc) is 3.58. The van der Waals surface area contributed by atoms with Gasteiger partial charge in [0.05, 0.1) is 19.4 Å². The van der Waals surface area contributed by atoms with E-state index in [1.807, 2.05) is 17.5 Å². The highest BCUT2D eigenvalue weighted by molar-refractivity contribution is 7.09. The molecule has 35 heavy (non-hydrogen) atoms. The van der Waals surface area contributed by atoms with E-state index in [1.54, 1.807) is 18.2 Å². The summed E-state index contributed by atoms with van der Waals surface area (Å²) in [6, 6.07) is 11.6. The Balaban J connectivity index is 1.62. The number of nitrogens with zero attached hydrogens (tertiary/aromatic N) is 1. The molecule has 9 heteroatoms. The first-order valence-electron chi connectivity index (χ1n) is 11.7. The molecule has 1 saturated carbocycles. The van der Waals surface area contributed by atoms with E-state index in [4.69, 9.17) is 4.42 Å². The molecule has 3 amide bonds. The van der Waals surface area contributed by atoms with Crippen molar-refractivity contribution in [3.05, 3.63) is 82.2 Å². The Kier molecular flexibility index (Phi) is 8.31. The Morgan fingerprint density at radius 2 is 1.86 bits per heavy atom. The second-order valence-electron chi connectivity index (χ2n) is 8.53. The lowest BCUT2D eigenvalue weighted by molar-refractivity contribution is -0.141. The molecule has 0 bridgehead atoms. The molecule has 2 N–H and O–H groups in total. The Morgan fingerprint density at radius 1 is 1.06 bits per heavy atom. The summed E-state index contributed by atoms with van der Waals surface area (Å²) in [6.07, 6.45) is 6.24. The van der Waals surface area contributed by atoms with E-state index < -0.39 is 29.6 Å². The first-order valence-corrected chi connectivity index (χ1v) is 12.6. The summed E-state index contributed by atoms with van der Waals surface area (Å²) in [5.74, 6) is -1.98. The molecule has 0 aliphatic heterocycles. The fraction of sp³-hybridized carbons (Fsp3) is 0.346. The fourth-order valence-electron chi connectivity index (χ4n) is 4.32. The molecule has 1 aliphatic rings. The second kappa shape index (κ2) is 11.8. The number of hydrogen-bond donors (Lipinski definition) is 2. The quantitative estimate of drug-likeness (QED) is 0.458. The van der Waals surface area contributed by atoms with Crippen LogP contribution >= 0.6 is 11.3 Å². The largest absolute Gasteiger partial charge is 0.459 e. The molecule has 184 valence electrons. The number of hydrogen-bond acceptors (Lipinski definition) is 5. The Labute approximate surface area is 207 Å². The van der Waals surface area contributed by atoms with Crippen LogP contribution in [0.3, 0.4) is 0 Å². The number of nitrogens with one attached hydrogen (secondary N) is 2. The van der Waals surface area contributed by atoms with Crippen LogP contribution in [0.4, 0.5) is 4.39 Å². The van der Waals surface area contributed by atoms with Crippen LogP contribution in [0.2, 0.25) is 0 Å². The van der Waals surface area contributed by atoms with Gasteiger partial charge >= 0.3 is 0 Å². The molecule has 1 atom stereocenters. The van der Waals surface area contributed by atoms with Gasteiger partial charge in [0.2, 0.25) is 11.8 Å². The molecule has 2 aromatic heterocycles. The van der Waals surface area contributed by atoms with E-state index in [0.29, 0.717) is 0 Å². The lowest BCUT2D eigenvalue weighted by atomic mass is 9.94. The molecule has 3 aromatic rings. The third kappa shape index (κ3) is 6.36. The molecule has 1 fully saturated rings. The number of benzene rings is 1. The van der Waals surface area contributed by atoms with E-state index in [9.17, 15) is 18.8 Å². The van der Waals surface area contributed by atoms with Gasteiger partial charge in [-0.15, -0.1) is 11.3 Å². The monoisotopic (exact) mass is 497 g/mol. The lowest BCUT2D eigenvalue weighted by Crippen LogP contribution is -2.49. The summed E-state index contributed by atoms with van der Waals surface area (Å²) in [7, 11) is 0. The minimum absolute atomic E-state index is 0.0112. The van der Waals surface area contributed by atoms with Crippen molar-refractivity contribution in [1.82, 2.24) is 15.5 Å². The summed E-state index contributed by atoms with van der Waals surface area (Å²) >= 11 is 1.43. The van der Waals surface area contributed by atoms with Gasteiger partial charge in [-0.25, -0.2) is 4.39 Å². The summed E-state index contributed by atoms with van der Waals surface area (Å²) in [4.78, 5) is 41.5. The summed E-state index contributed by atoms with van der Waals surface area (Å²) in [6.45, 7) is -0.267. The van der Waals surface area contributed by atoms with E-state index in [0.717, 1.165) is 37.0 Å². The van der Waals surface area contributed by atoms with E-state index in [2.05, 4.69) is 10.6 Å². The van der Waals surface area contributed by atoms with Gasteiger partial charge in [-0.05, 0) is 42.5 Å². The smallest absolute Gasteiger partial charge is 0.287 e. The standard InChI is InChI=1S/C26H28FN3O4S/c27-21-12-5-4-11-20(21)24(26(33)29-18-8-2-1-3-9-18)30(17-19-10-7-15-35-19)23(31)16-28-25(32)22-13-6-14-34-22/h4-7,10-15,18,24H,1-3,8-9,16-17H2,(H,28,32)(H,29,33). The van der Waals surface area contributed by atoms with Crippen LogP contribution in [0.25, 0.3) is 0 Å². The zero-order valence-corrected chi connectivity index (χ0v) is 20.1. The van der Waals surface area contributed by atoms with Gasteiger partial charge < -0.3 is 20.0 Å². The van der Waals surface area contributed by atoms with Crippen LogP contribution in [0.1, 0.15) is 59.1 Å². The summed E-state index contributed by atoms with van der Waals surface area (Å²) in [5.41, 5.74) is 0.114. The first-order chi connectivity index (χ1) is 17.0. The first kappa shape index (κ1) is 24.7. The van der Waals surface area contributed by atoms with Crippen molar-refractivity contribution >= 4 is 29.1 Å². The molecule has 7 nitrogen and oxygen atoms in total. The van der Waals surface area contributed by atoms with Crippen molar-refractivity contribution in [3.8, 4) is 0 Å². The van der Waals surface area contributed by atoms with Crippen molar-refractivity contribution in [3.63, 3.8) is 0 Å². The molecular formula is C26H28FN3O4S. The summed E-state index contributed by atoms with van der Waals surface area (Å²) < 4.78 is 20.1. The third-order valence-electron chi connectivity index (χ3n) is 6.08. The van der Waals surface area contributed by atoms with Crippen LogP contribution in [0.15, 0.2) is 64.6 Å². The number of rotatable bonds is 9. The highest BCUT2D eigenvalue weighted by atomic mass is 32.1. The highest BCUT2D eigenvalue weighted by Crippen LogP contribution is 2.28. The second-order valence-corrected chi connectivity index (χ2v) is 9.56. The van der Waals surface area contributed by atoms with Crippen molar-refractivity contribution in [2.24, 2.45) is 0 Å². The van der Waals surface area contributed by atoms with Crippen LogP contribution in [-0.4, -0.2) is 35.2 Å².